The molecule has 2 nitrogen and oxygen atoms in total. The smallest absolute Gasteiger partial charge is 0.233 e. The molecule has 2 aromatic rings. The Morgan fingerprint density at radius 1 is 1.13 bits per heavy atom. The minimum Gasteiger partial charge on any atom is -0.436 e. The Kier molecular flexibility index (Phi) is 3.23. The van der Waals surface area contributed by atoms with Gasteiger partial charge in [-0.3, -0.25) is 0 Å². The van der Waals surface area contributed by atoms with Crippen LogP contribution in [0.3, 0.4) is 0 Å². The van der Waals surface area contributed by atoms with Gasteiger partial charge in [0.1, 0.15) is 5.75 Å². The van der Waals surface area contributed by atoms with Gasteiger partial charge in [0.25, 0.3) is 0 Å². The second kappa shape index (κ2) is 4.64. The topological polar surface area (TPSA) is 22.1 Å². The van der Waals surface area contributed by atoms with E-state index in [4.69, 9.17) is 16.3 Å². The molecule has 0 aliphatic carbocycles. The molecule has 0 aliphatic rings. The molecule has 0 fully saturated rings. The lowest BCUT2D eigenvalue weighted by Gasteiger charge is -2.06. The highest BCUT2D eigenvalue weighted by Gasteiger charge is 2.05. The van der Waals surface area contributed by atoms with E-state index in [1.54, 1.807) is 18.3 Å². The molecule has 15 heavy (non-hydrogen) atoms. The van der Waals surface area contributed by atoms with Gasteiger partial charge < -0.3 is 4.74 Å². The van der Waals surface area contributed by atoms with Crippen LogP contribution in [0.2, 0.25) is 5.02 Å². The van der Waals surface area contributed by atoms with Crippen LogP contribution >= 0.6 is 27.5 Å². The van der Waals surface area contributed by atoms with E-state index in [1.807, 2.05) is 24.3 Å². The van der Waals surface area contributed by atoms with Crippen LogP contribution in [0, 0.1) is 0 Å². The summed E-state index contributed by atoms with van der Waals surface area (Å²) < 4.78 is 6.35. The van der Waals surface area contributed by atoms with Crippen LogP contribution < -0.4 is 4.74 Å². The average molecular weight is 285 g/mol. The Labute approximate surface area is 101 Å². The molecular formula is C11H7BrClNO. The van der Waals surface area contributed by atoms with Crippen molar-refractivity contribution < 1.29 is 4.74 Å². The zero-order chi connectivity index (χ0) is 10.7. The van der Waals surface area contributed by atoms with E-state index in [0.717, 1.165) is 4.47 Å². The molecule has 2 rings (SSSR count). The molecule has 0 aliphatic heterocycles. The largest absolute Gasteiger partial charge is 0.436 e. The summed E-state index contributed by atoms with van der Waals surface area (Å²) in [6.45, 7) is 0. The van der Waals surface area contributed by atoms with Gasteiger partial charge in [0.05, 0.1) is 9.50 Å². The van der Waals surface area contributed by atoms with Gasteiger partial charge in [-0.15, -0.1) is 0 Å². The van der Waals surface area contributed by atoms with Gasteiger partial charge in [-0.05, 0) is 40.2 Å². The normalized spacial score (nSPS) is 10.0. The number of nitrogens with zero attached hydrogens (tertiary/aromatic N) is 1. The number of halogens is 2. The fourth-order valence-electron chi connectivity index (χ4n) is 1.08. The third kappa shape index (κ3) is 2.49. The Bertz CT molecular complexity index is 432. The van der Waals surface area contributed by atoms with Crippen LogP contribution in [0.4, 0.5) is 0 Å². The van der Waals surface area contributed by atoms with Gasteiger partial charge in [0.2, 0.25) is 5.88 Å². The second-order valence-corrected chi connectivity index (χ2v) is 4.08. The molecule has 0 bridgehead atoms. The average Bonchev–Trinajstić information content (AvgIpc) is 2.24. The first kappa shape index (κ1) is 10.5. The maximum absolute atomic E-state index is 5.96. The summed E-state index contributed by atoms with van der Waals surface area (Å²) in [5.41, 5.74) is 0. The third-order valence-corrected chi connectivity index (χ3v) is 2.68. The summed E-state index contributed by atoms with van der Waals surface area (Å²) in [6.07, 6.45) is 1.66. The van der Waals surface area contributed by atoms with Crippen LogP contribution in [0.5, 0.6) is 11.6 Å². The molecular weight excluding hydrogens is 277 g/mol. The van der Waals surface area contributed by atoms with E-state index >= 15 is 0 Å². The van der Waals surface area contributed by atoms with E-state index in [0.29, 0.717) is 16.7 Å². The zero-order valence-corrected chi connectivity index (χ0v) is 9.99. The van der Waals surface area contributed by atoms with Gasteiger partial charge in [-0.25, -0.2) is 4.98 Å². The van der Waals surface area contributed by atoms with Gasteiger partial charge >= 0.3 is 0 Å². The maximum atomic E-state index is 5.96. The fourth-order valence-corrected chi connectivity index (χ4v) is 1.59. The van der Waals surface area contributed by atoms with Crippen molar-refractivity contribution in [1.82, 2.24) is 4.98 Å². The first-order valence-corrected chi connectivity index (χ1v) is 5.47. The van der Waals surface area contributed by atoms with E-state index in [-0.39, 0.29) is 0 Å². The SMILES string of the molecule is Clc1ccccc1Oc1ncccc1Br. The maximum Gasteiger partial charge on any atom is 0.233 e. The molecule has 1 aromatic carbocycles. The van der Waals surface area contributed by atoms with Crippen molar-refractivity contribution >= 4 is 27.5 Å². The summed E-state index contributed by atoms with van der Waals surface area (Å²) in [4.78, 5) is 4.09. The lowest BCUT2D eigenvalue weighted by molar-refractivity contribution is 0.460. The molecule has 1 aromatic heterocycles. The molecule has 0 saturated carbocycles. The molecule has 0 N–H and O–H groups in total. The monoisotopic (exact) mass is 283 g/mol. The summed E-state index contributed by atoms with van der Waals surface area (Å²) in [5.74, 6) is 1.10. The van der Waals surface area contributed by atoms with Gasteiger partial charge in [-0.1, -0.05) is 23.7 Å². The fraction of sp³-hybridized carbons (Fsp3) is 0. The first-order valence-electron chi connectivity index (χ1n) is 4.30. The number of benzene rings is 1. The lowest BCUT2D eigenvalue weighted by atomic mass is 10.3. The quantitative estimate of drug-likeness (QED) is 0.821. The number of hydrogen-bond donors (Lipinski definition) is 0. The van der Waals surface area contributed by atoms with Crippen molar-refractivity contribution in [2.75, 3.05) is 0 Å². The molecule has 0 saturated heterocycles. The molecule has 0 atom stereocenters. The summed E-state index contributed by atoms with van der Waals surface area (Å²) >= 11 is 9.31. The van der Waals surface area contributed by atoms with Gasteiger partial charge in [0, 0.05) is 6.20 Å². The number of hydrogen-bond acceptors (Lipinski definition) is 2. The second-order valence-electron chi connectivity index (χ2n) is 2.82. The number of rotatable bonds is 2. The minimum atomic E-state index is 0.505. The number of pyridine rings is 1. The number of para-hydroxylation sites is 1. The molecule has 0 radical (unpaired) electrons. The Morgan fingerprint density at radius 2 is 1.93 bits per heavy atom. The third-order valence-electron chi connectivity index (χ3n) is 1.77. The molecule has 0 unspecified atom stereocenters. The molecule has 1 heterocycles. The van der Waals surface area contributed by atoms with Crippen molar-refractivity contribution in [3.63, 3.8) is 0 Å². The van der Waals surface area contributed by atoms with E-state index in [1.165, 1.54) is 0 Å². The number of ether oxygens (including phenoxy) is 1. The van der Waals surface area contributed by atoms with Crippen LogP contribution in [0.1, 0.15) is 0 Å². The Morgan fingerprint density at radius 3 is 2.67 bits per heavy atom. The molecule has 76 valence electrons. The van der Waals surface area contributed by atoms with Crippen molar-refractivity contribution in [3.05, 3.63) is 52.1 Å². The molecule has 0 spiro atoms. The first-order chi connectivity index (χ1) is 7.27. The standard InChI is InChI=1S/C11H7BrClNO/c12-8-4-3-7-14-11(8)15-10-6-2-1-5-9(10)13/h1-7H. The zero-order valence-electron chi connectivity index (χ0n) is 7.65. The lowest BCUT2D eigenvalue weighted by Crippen LogP contribution is -1.88. The van der Waals surface area contributed by atoms with Crippen LogP contribution in [0.25, 0.3) is 0 Å². The number of aromatic nitrogens is 1. The molecule has 4 heteroatoms. The van der Waals surface area contributed by atoms with Crippen LogP contribution in [0.15, 0.2) is 47.1 Å². The predicted octanol–water partition coefficient (Wildman–Crippen LogP) is 4.29. The Balaban J connectivity index is 2.30. The predicted molar refractivity (Wildman–Crippen MR) is 63.5 cm³/mol. The highest BCUT2D eigenvalue weighted by Crippen LogP contribution is 2.31. The molecule has 0 amide bonds. The highest BCUT2D eigenvalue weighted by atomic mass is 79.9. The van der Waals surface area contributed by atoms with Crippen LogP contribution in [-0.4, -0.2) is 4.98 Å². The van der Waals surface area contributed by atoms with Crippen LogP contribution in [-0.2, 0) is 0 Å². The summed E-state index contributed by atoms with van der Waals surface area (Å²) in [7, 11) is 0. The van der Waals surface area contributed by atoms with Crippen molar-refractivity contribution in [2.45, 2.75) is 0 Å². The van der Waals surface area contributed by atoms with E-state index in [2.05, 4.69) is 20.9 Å². The van der Waals surface area contributed by atoms with Gasteiger partial charge in [0.15, 0.2) is 0 Å². The summed E-state index contributed by atoms with van der Waals surface area (Å²) in [5, 5.41) is 0.565. The van der Waals surface area contributed by atoms with Crippen molar-refractivity contribution in [2.24, 2.45) is 0 Å². The Hall–Kier alpha value is -1.06. The van der Waals surface area contributed by atoms with E-state index < -0.39 is 0 Å². The van der Waals surface area contributed by atoms with E-state index in [9.17, 15) is 0 Å². The summed E-state index contributed by atoms with van der Waals surface area (Å²) in [6, 6.07) is 11.0. The van der Waals surface area contributed by atoms with Gasteiger partial charge in [-0.2, -0.15) is 0 Å². The minimum absolute atomic E-state index is 0.505. The highest BCUT2D eigenvalue weighted by molar-refractivity contribution is 9.10. The van der Waals surface area contributed by atoms with Crippen molar-refractivity contribution in [3.8, 4) is 11.6 Å². The van der Waals surface area contributed by atoms with Crippen molar-refractivity contribution in [1.29, 1.82) is 0 Å².